The lowest BCUT2D eigenvalue weighted by molar-refractivity contribution is -0.128. The van der Waals surface area contributed by atoms with Gasteiger partial charge < -0.3 is 15.4 Å². The maximum atomic E-state index is 13.8. The van der Waals surface area contributed by atoms with Crippen molar-refractivity contribution in [2.75, 3.05) is 26.3 Å². The number of hydrogen-bond acceptors (Lipinski definition) is 4. The Balaban J connectivity index is 1.82. The van der Waals surface area contributed by atoms with E-state index < -0.39 is 5.54 Å². The van der Waals surface area contributed by atoms with Gasteiger partial charge in [0.25, 0.3) is 0 Å². The highest BCUT2D eigenvalue weighted by molar-refractivity contribution is 5.85. The molecule has 1 amide bonds. The number of aromatic amines is 1. The second-order valence-electron chi connectivity index (χ2n) is 6.32. The normalized spacial score (nSPS) is 19.5. The number of amides is 1. The molecule has 1 saturated heterocycles. The van der Waals surface area contributed by atoms with Crippen molar-refractivity contribution < 1.29 is 13.9 Å². The molecule has 0 saturated carbocycles. The van der Waals surface area contributed by atoms with E-state index in [0.717, 1.165) is 6.54 Å². The average molecular weight is 320 g/mol. The molecule has 0 spiro atoms. The second-order valence-corrected chi connectivity index (χ2v) is 6.32. The van der Waals surface area contributed by atoms with E-state index in [2.05, 4.69) is 20.8 Å². The first kappa shape index (κ1) is 15.9. The summed E-state index contributed by atoms with van der Waals surface area (Å²) in [5.74, 6) is -0.708. The summed E-state index contributed by atoms with van der Waals surface area (Å²) in [6.07, 6.45) is 0. The van der Waals surface area contributed by atoms with Crippen molar-refractivity contribution in [2.24, 2.45) is 5.92 Å². The van der Waals surface area contributed by atoms with E-state index in [-0.39, 0.29) is 17.6 Å². The number of hydrogen-bond donors (Lipinski definition) is 3. The number of carbonyl (C=O) groups is 1. The van der Waals surface area contributed by atoms with Gasteiger partial charge in [0.2, 0.25) is 5.91 Å². The quantitative estimate of drug-likeness (QED) is 0.796. The first-order valence-corrected chi connectivity index (χ1v) is 7.72. The van der Waals surface area contributed by atoms with Crippen molar-refractivity contribution in [3.8, 4) is 0 Å². The van der Waals surface area contributed by atoms with Crippen LogP contribution < -0.4 is 10.6 Å². The molecule has 1 aromatic heterocycles. The monoisotopic (exact) mass is 320 g/mol. The molecule has 2 aromatic rings. The molecule has 1 atom stereocenters. The van der Waals surface area contributed by atoms with Crippen molar-refractivity contribution in [3.05, 3.63) is 29.7 Å². The number of halogens is 1. The van der Waals surface area contributed by atoms with Crippen LogP contribution in [0.1, 0.15) is 19.5 Å². The highest BCUT2D eigenvalue weighted by Gasteiger charge is 2.31. The molecule has 124 valence electrons. The standard InChI is InChI=1S/C16H21FN4O2/c1-16(2,19-15(22)10-8-18-6-7-23-9-10)14-11-4-3-5-12(17)13(11)20-21-14/h3-5,10,18H,6-9H2,1-2H3,(H,19,22)(H,20,21). The fourth-order valence-corrected chi connectivity index (χ4v) is 2.83. The van der Waals surface area contributed by atoms with E-state index in [1.807, 2.05) is 13.8 Å². The molecule has 0 bridgehead atoms. The minimum absolute atomic E-state index is 0.100. The molecule has 1 aliphatic heterocycles. The Labute approximate surface area is 133 Å². The van der Waals surface area contributed by atoms with Gasteiger partial charge in [0.1, 0.15) is 11.3 Å². The van der Waals surface area contributed by atoms with Gasteiger partial charge in [-0.15, -0.1) is 0 Å². The van der Waals surface area contributed by atoms with E-state index in [1.54, 1.807) is 12.1 Å². The van der Waals surface area contributed by atoms with Gasteiger partial charge in [-0.1, -0.05) is 12.1 Å². The molecule has 2 heterocycles. The van der Waals surface area contributed by atoms with Crippen molar-refractivity contribution >= 4 is 16.8 Å². The van der Waals surface area contributed by atoms with Crippen LogP contribution in [-0.2, 0) is 15.1 Å². The van der Waals surface area contributed by atoms with Crippen LogP contribution in [0, 0.1) is 11.7 Å². The van der Waals surface area contributed by atoms with Gasteiger partial charge in [0, 0.05) is 18.5 Å². The number of fused-ring (bicyclic) bond motifs is 1. The molecule has 1 fully saturated rings. The van der Waals surface area contributed by atoms with Gasteiger partial charge in [0.05, 0.1) is 30.4 Å². The molecule has 1 aliphatic rings. The van der Waals surface area contributed by atoms with Crippen LogP contribution in [0.4, 0.5) is 4.39 Å². The number of para-hydroxylation sites is 1. The highest BCUT2D eigenvalue weighted by Crippen LogP contribution is 2.27. The van der Waals surface area contributed by atoms with Crippen molar-refractivity contribution in [1.29, 1.82) is 0 Å². The van der Waals surface area contributed by atoms with Crippen LogP contribution in [0.3, 0.4) is 0 Å². The third-order valence-corrected chi connectivity index (χ3v) is 4.08. The van der Waals surface area contributed by atoms with Gasteiger partial charge in [-0.25, -0.2) is 4.39 Å². The molecule has 0 aliphatic carbocycles. The van der Waals surface area contributed by atoms with Gasteiger partial charge in [0.15, 0.2) is 0 Å². The van der Waals surface area contributed by atoms with Crippen LogP contribution in [0.5, 0.6) is 0 Å². The summed E-state index contributed by atoms with van der Waals surface area (Å²) in [6.45, 7) is 6.04. The predicted molar refractivity (Wildman–Crippen MR) is 84.4 cm³/mol. The molecule has 0 radical (unpaired) electrons. The lowest BCUT2D eigenvalue weighted by Gasteiger charge is -2.27. The average Bonchev–Trinajstić information content (AvgIpc) is 2.77. The lowest BCUT2D eigenvalue weighted by atomic mass is 9.96. The van der Waals surface area contributed by atoms with E-state index in [4.69, 9.17) is 4.74 Å². The van der Waals surface area contributed by atoms with Gasteiger partial charge in [-0.2, -0.15) is 5.10 Å². The molecule has 6 nitrogen and oxygen atoms in total. The van der Waals surface area contributed by atoms with Crippen molar-refractivity contribution in [1.82, 2.24) is 20.8 Å². The Morgan fingerprint density at radius 1 is 1.48 bits per heavy atom. The predicted octanol–water partition coefficient (Wildman–Crippen LogP) is 1.29. The summed E-state index contributed by atoms with van der Waals surface area (Å²) in [7, 11) is 0. The SMILES string of the molecule is CC(C)(NC(=O)C1CNCCOC1)c1n[nH]c2c(F)cccc12. The minimum atomic E-state index is -0.727. The summed E-state index contributed by atoms with van der Waals surface area (Å²) in [6, 6.07) is 4.81. The zero-order chi connectivity index (χ0) is 16.4. The Morgan fingerprint density at radius 2 is 2.30 bits per heavy atom. The minimum Gasteiger partial charge on any atom is -0.379 e. The number of ether oxygens (including phenoxy) is 1. The Hall–Kier alpha value is -1.99. The zero-order valence-corrected chi connectivity index (χ0v) is 13.3. The molecule has 7 heteroatoms. The Morgan fingerprint density at radius 3 is 3.13 bits per heavy atom. The topological polar surface area (TPSA) is 79.0 Å². The van der Waals surface area contributed by atoms with E-state index in [1.165, 1.54) is 6.07 Å². The van der Waals surface area contributed by atoms with Gasteiger partial charge in [-0.3, -0.25) is 9.89 Å². The number of H-pyrrole nitrogens is 1. The Kier molecular flexibility index (Phi) is 4.32. The highest BCUT2D eigenvalue weighted by atomic mass is 19.1. The number of rotatable bonds is 3. The van der Waals surface area contributed by atoms with Crippen LogP contribution in [-0.4, -0.2) is 42.4 Å². The van der Waals surface area contributed by atoms with Crippen molar-refractivity contribution in [3.63, 3.8) is 0 Å². The van der Waals surface area contributed by atoms with E-state index in [9.17, 15) is 9.18 Å². The maximum absolute atomic E-state index is 13.8. The number of aromatic nitrogens is 2. The lowest BCUT2D eigenvalue weighted by Crippen LogP contribution is -2.47. The molecule has 1 unspecified atom stereocenters. The number of carbonyl (C=O) groups excluding carboxylic acids is 1. The van der Waals surface area contributed by atoms with Crippen LogP contribution in [0.25, 0.3) is 10.9 Å². The molecular formula is C16H21FN4O2. The number of nitrogens with one attached hydrogen (secondary N) is 3. The summed E-state index contributed by atoms with van der Waals surface area (Å²) < 4.78 is 19.2. The van der Waals surface area contributed by atoms with Crippen LogP contribution >= 0.6 is 0 Å². The Bertz CT molecular complexity index is 705. The largest absolute Gasteiger partial charge is 0.379 e. The smallest absolute Gasteiger partial charge is 0.227 e. The molecular weight excluding hydrogens is 299 g/mol. The first-order chi connectivity index (χ1) is 11.0. The third-order valence-electron chi connectivity index (χ3n) is 4.08. The molecule has 3 N–H and O–H groups in total. The van der Waals surface area contributed by atoms with Crippen molar-refractivity contribution in [2.45, 2.75) is 19.4 Å². The number of nitrogens with zero attached hydrogens (tertiary/aromatic N) is 1. The maximum Gasteiger partial charge on any atom is 0.227 e. The fourth-order valence-electron chi connectivity index (χ4n) is 2.83. The second kappa shape index (κ2) is 6.25. The zero-order valence-electron chi connectivity index (χ0n) is 13.3. The third kappa shape index (κ3) is 3.20. The van der Waals surface area contributed by atoms with Crippen LogP contribution in [0.2, 0.25) is 0 Å². The summed E-state index contributed by atoms with van der Waals surface area (Å²) in [5.41, 5.74) is 0.238. The molecule has 23 heavy (non-hydrogen) atoms. The van der Waals surface area contributed by atoms with Gasteiger partial charge in [-0.05, 0) is 19.9 Å². The van der Waals surface area contributed by atoms with E-state index in [0.29, 0.717) is 36.4 Å². The molecule has 1 aromatic carbocycles. The van der Waals surface area contributed by atoms with Crippen LogP contribution in [0.15, 0.2) is 18.2 Å². The summed E-state index contributed by atoms with van der Waals surface area (Å²) in [5, 5.41) is 13.8. The summed E-state index contributed by atoms with van der Waals surface area (Å²) in [4.78, 5) is 12.5. The van der Waals surface area contributed by atoms with Gasteiger partial charge >= 0.3 is 0 Å². The first-order valence-electron chi connectivity index (χ1n) is 7.72. The van der Waals surface area contributed by atoms with E-state index >= 15 is 0 Å². The molecule has 3 rings (SSSR count). The number of benzene rings is 1. The fraction of sp³-hybridized carbons (Fsp3) is 0.500. The summed E-state index contributed by atoms with van der Waals surface area (Å²) >= 11 is 0.